The number of ether oxygens (including phenoxy) is 1. The number of hydrogen-bond acceptors (Lipinski definition) is 5. The van der Waals surface area contributed by atoms with Gasteiger partial charge in [0.2, 0.25) is 10.0 Å². The van der Waals surface area contributed by atoms with Gasteiger partial charge < -0.3 is 10.1 Å². The molecule has 0 aliphatic heterocycles. The van der Waals surface area contributed by atoms with Crippen molar-refractivity contribution >= 4 is 27.6 Å². The molecule has 0 aliphatic rings. The lowest BCUT2D eigenvalue weighted by Gasteiger charge is -2.25. The molecule has 0 spiro atoms. The molecule has 0 saturated heterocycles. The van der Waals surface area contributed by atoms with Crippen LogP contribution in [-0.4, -0.2) is 44.3 Å². The SMILES string of the molecule is CCOC(=O)C(=O)Nc1ccc(S(=O)(=O)N(CC(C)C)CC(C)C)cc1. The van der Waals surface area contributed by atoms with E-state index in [1.807, 2.05) is 27.7 Å². The molecule has 0 aliphatic carbocycles. The highest BCUT2D eigenvalue weighted by molar-refractivity contribution is 7.89. The Kier molecular flexibility index (Phi) is 8.23. The van der Waals surface area contributed by atoms with Crippen molar-refractivity contribution in [1.82, 2.24) is 4.31 Å². The second kappa shape index (κ2) is 9.68. The summed E-state index contributed by atoms with van der Waals surface area (Å²) in [5.41, 5.74) is 0.321. The molecule has 1 N–H and O–H groups in total. The lowest BCUT2D eigenvalue weighted by molar-refractivity contribution is -0.152. The van der Waals surface area contributed by atoms with Crippen LogP contribution in [0.25, 0.3) is 0 Å². The zero-order chi connectivity index (χ0) is 19.9. The van der Waals surface area contributed by atoms with Gasteiger partial charge in [-0.1, -0.05) is 27.7 Å². The summed E-state index contributed by atoms with van der Waals surface area (Å²) < 4.78 is 31.9. The minimum absolute atomic E-state index is 0.102. The monoisotopic (exact) mass is 384 g/mol. The number of sulfonamides is 1. The van der Waals surface area contributed by atoms with Crippen molar-refractivity contribution in [3.8, 4) is 0 Å². The Bertz CT molecular complexity index is 702. The Balaban J connectivity index is 2.97. The standard InChI is InChI=1S/C18H28N2O5S/c1-6-25-18(22)17(21)19-15-7-9-16(10-8-15)26(23,24)20(11-13(2)3)12-14(4)5/h7-10,13-14H,6,11-12H2,1-5H3,(H,19,21). The summed E-state index contributed by atoms with van der Waals surface area (Å²) in [4.78, 5) is 23.1. The summed E-state index contributed by atoms with van der Waals surface area (Å²) in [6.07, 6.45) is 0. The van der Waals surface area contributed by atoms with Crippen molar-refractivity contribution in [2.24, 2.45) is 11.8 Å². The fourth-order valence-corrected chi connectivity index (χ4v) is 4.09. The van der Waals surface area contributed by atoms with Crippen LogP contribution < -0.4 is 5.32 Å². The number of amides is 1. The van der Waals surface area contributed by atoms with Gasteiger partial charge in [-0.15, -0.1) is 0 Å². The van der Waals surface area contributed by atoms with Gasteiger partial charge in [0.05, 0.1) is 11.5 Å². The topological polar surface area (TPSA) is 92.8 Å². The number of carbonyl (C=O) groups excluding carboxylic acids is 2. The number of nitrogens with zero attached hydrogens (tertiary/aromatic N) is 1. The van der Waals surface area contributed by atoms with Gasteiger partial charge >= 0.3 is 11.9 Å². The molecule has 0 atom stereocenters. The highest BCUT2D eigenvalue weighted by atomic mass is 32.2. The number of rotatable bonds is 8. The lowest BCUT2D eigenvalue weighted by Crippen LogP contribution is -2.37. The molecule has 0 aromatic heterocycles. The number of nitrogens with one attached hydrogen (secondary N) is 1. The van der Waals surface area contributed by atoms with E-state index < -0.39 is 21.9 Å². The maximum absolute atomic E-state index is 12.9. The van der Waals surface area contributed by atoms with E-state index in [0.29, 0.717) is 18.8 Å². The smallest absolute Gasteiger partial charge is 0.397 e. The van der Waals surface area contributed by atoms with Gasteiger partial charge in [0, 0.05) is 18.8 Å². The second-order valence-corrected chi connectivity index (χ2v) is 8.75. The van der Waals surface area contributed by atoms with Crippen molar-refractivity contribution in [2.45, 2.75) is 39.5 Å². The highest BCUT2D eigenvalue weighted by Crippen LogP contribution is 2.20. The Morgan fingerprint density at radius 2 is 1.54 bits per heavy atom. The minimum atomic E-state index is -3.63. The average molecular weight is 384 g/mol. The quantitative estimate of drug-likeness (QED) is 0.549. The van der Waals surface area contributed by atoms with Crippen LogP contribution in [0.3, 0.4) is 0 Å². The van der Waals surface area contributed by atoms with E-state index in [1.165, 1.54) is 28.6 Å². The van der Waals surface area contributed by atoms with Crippen molar-refractivity contribution in [3.05, 3.63) is 24.3 Å². The summed E-state index contributed by atoms with van der Waals surface area (Å²) in [5.74, 6) is -1.48. The van der Waals surface area contributed by atoms with Gasteiger partial charge in [0.25, 0.3) is 0 Å². The number of anilines is 1. The van der Waals surface area contributed by atoms with Crippen LogP contribution in [0.1, 0.15) is 34.6 Å². The summed E-state index contributed by atoms with van der Waals surface area (Å²) in [6, 6.07) is 5.74. The van der Waals surface area contributed by atoms with Crippen molar-refractivity contribution in [1.29, 1.82) is 0 Å². The minimum Gasteiger partial charge on any atom is -0.459 e. The molecule has 26 heavy (non-hydrogen) atoms. The average Bonchev–Trinajstić information content (AvgIpc) is 2.54. The molecular formula is C18H28N2O5S. The van der Waals surface area contributed by atoms with Crippen LogP contribution in [-0.2, 0) is 24.3 Å². The first-order valence-corrected chi connectivity index (χ1v) is 10.1. The molecule has 1 aromatic carbocycles. The number of hydrogen-bond donors (Lipinski definition) is 1. The Hall–Kier alpha value is -1.93. The highest BCUT2D eigenvalue weighted by Gasteiger charge is 2.26. The zero-order valence-electron chi connectivity index (χ0n) is 16.0. The van der Waals surface area contributed by atoms with E-state index in [2.05, 4.69) is 10.1 Å². The van der Waals surface area contributed by atoms with Crippen LogP contribution in [0, 0.1) is 11.8 Å². The molecule has 0 unspecified atom stereocenters. The fraction of sp³-hybridized carbons (Fsp3) is 0.556. The van der Waals surface area contributed by atoms with Crippen molar-refractivity contribution in [3.63, 3.8) is 0 Å². The molecule has 0 bridgehead atoms. The largest absolute Gasteiger partial charge is 0.459 e. The van der Waals surface area contributed by atoms with Gasteiger partial charge in [-0.3, -0.25) is 4.79 Å². The van der Waals surface area contributed by atoms with Crippen LogP contribution in [0.5, 0.6) is 0 Å². The van der Waals surface area contributed by atoms with E-state index >= 15 is 0 Å². The van der Waals surface area contributed by atoms with Gasteiger partial charge in [-0.2, -0.15) is 4.31 Å². The van der Waals surface area contributed by atoms with E-state index in [-0.39, 0.29) is 23.3 Å². The van der Waals surface area contributed by atoms with Crippen LogP contribution in [0.4, 0.5) is 5.69 Å². The van der Waals surface area contributed by atoms with Gasteiger partial charge in [-0.25, -0.2) is 13.2 Å². The Morgan fingerprint density at radius 1 is 1.04 bits per heavy atom. The number of benzene rings is 1. The van der Waals surface area contributed by atoms with E-state index in [9.17, 15) is 18.0 Å². The first kappa shape index (κ1) is 22.1. The van der Waals surface area contributed by atoms with E-state index in [1.54, 1.807) is 6.92 Å². The summed E-state index contributed by atoms with van der Waals surface area (Å²) in [7, 11) is -3.63. The maximum Gasteiger partial charge on any atom is 0.397 e. The third-order valence-electron chi connectivity index (χ3n) is 3.35. The fourth-order valence-electron chi connectivity index (χ4n) is 2.32. The Morgan fingerprint density at radius 3 is 1.96 bits per heavy atom. The summed E-state index contributed by atoms with van der Waals surface area (Å²) in [5, 5.41) is 2.38. The van der Waals surface area contributed by atoms with Crippen molar-refractivity contribution < 1.29 is 22.7 Å². The van der Waals surface area contributed by atoms with E-state index in [0.717, 1.165) is 0 Å². The molecule has 0 saturated carbocycles. The molecule has 1 rings (SSSR count). The molecule has 0 heterocycles. The lowest BCUT2D eigenvalue weighted by atomic mass is 10.2. The molecular weight excluding hydrogens is 356 g/mol. The normalized spacial score (nSPS) is 11.8. The molecule has 1 amide bonds. The first-order chi connectivity index (χ1) is 12.1. The number of carbonyl (C=O) groups is 2. The maximum atomic E-state index is 12.9. The summed E-state index contributed by atoms with van der Waals surface area (Å²) in [6.45, 7) is 10.4. The second-order valence-electron chi connectivity index (χ2n) is 6.81. The van der Waals surface area contributed by atoms with Gasteiger partial charge in [0.1, 0.15) is 0 Å². The number of esters is 1. The first-order valence-electron chi connectivity index (χ1n) is 8.66. The van der Waals surface area contributed by atoms with Crippen LogP contribution >= 0.6 is 0 Å². The molecule has 7 nitrogen and oxygen atoms in total. The van der Waals surface area contributed by atoms with Crippen LogP contribution in [0.15, 0.2) is 29.2 Å². The van der Waals surface area contributed by atoms with Gasteiger partial charge in [0.15, 0.2) is 0 Å². The predicted octanol–water partition coefficient (Wildman–Crippen LogP) is 2.49. The zero-order valence-corrected chi connectivity index (χ0v) is 16.8. The van der Waals surface area contributed by atoms with E-state index in [4.69, 9.17) is 0 Å². The molecule has 1 aromatic rings. The molecule has 8 heteroatoms. The molecule has 0 radical (unpaired) electrons. The van der Waals surface area contributed by atoms with Crippen LogP contribution in [0.2, 0.25) is 0 Å². The van der Waals surface area contributed by atoms with Crippen molar-refractivity contribution in [2.75, 3.05) is 25.0 Å². The van der Waals surface area contributed by atoms with Gasteiger partial charge in [-0.05, 0) is 43.0 Å². The molecule has 146 valence electrons. The predicted molar refractivity (Wildman–Crippen MR) is 100 cm³/mol. The molecule has 0 fully saturated rings. The third-order valence-corrected chi connectivity index (χ3v) is 5.19. The third kappa shape index (κ3) is 6.42. The Labute approximate surface area is 155 Å². The summed E-state index contributed by atoms with van der Waals surface area (Å²) >= 11 is 0.